The van der Waals surface area contributed by atoms with Gasteiger partial charge in [-0.25, -0.2) is 9.97 Å². The number of rotatable bonds is 3. The second-order valence-electron chi connectivity index (χ2n) is 3.71. The fraction of sp³-hybridized carbons (Fsp3) is 0.500. The van der Waals surface area contributed by atoms with Crippen LogP contribution in [-0.4, -0.2) is 35.6 Å². The second kappa shape index (κ2) is 4.34. The molecule has 1 unspecified atom stereocenters. The van der Waals surface area contributed by atoms with E-state index in [1.165, 1.54) is 6.33 Å². The third-order valence-corrected chi connectivity index (χ3v) is 2.55. The molecular weight excluding hydrogens is 208 g/mol. The summed E-state index contributed by atoms with van der Waals surface area (Å²) in [5, 5.41) is 5.96. The predicted octanol–water partition coefficient (Wildman–Crippen LogP) is 0.0940. The van der Waals surface area contributed by atoms with E-state index < -0.39 is 0 Å². The summed E-state index contributed by atoms with van der Waals surface area (Å²) in [5.41, 5.74) is 0.851. The maximum atomic E-state index is 11.0. The number of nitrogens with zero attached hydrogens (tertiary/aromatic N) is 2. The van der Waals surface area contributed by atoms with Crippen LogP contribution in [0.15, 0.2) is 6.33 Å². The Balaban J connectivity index is 2.12. The molecule has 86 valence electrons. The van der Waals surface area contributed by atoms with E-state index in [9.17, 15) is 4.79 Å². The van der Waals surface area contributed by atoms with E-state index in [0.717, 1.165) is 5.56 Å². The van der Waals surface area contributed by atoms with Crippen molar-refractivity contribution in [2.45, 2.75) is 19.4 Å². The molecule has 6 nitrogen and oxygen atoms in total. The fourth-order valence-corrected chi connectivity index (χ4v) is 1.69. The van der Waals surface area contributed by atoms with Gasteiger partial charge in [-0.15, -0.1) is 0 Å². The Morgan fingerprint density at radius 1 is 1.56 bits per heavy atom. The lowest BCUT2D eigenvalue weighted by Gasteiger charge is -2.14. The number of hydrogen-bond donors (Lipinski definition) is 2. The summed E-state index contributed by atoms with van der Waals surface area (Å²) in [5.74, 6) is 1.33. The number of carbonyl (C=O) groups is 1. The van der Waals surface area contributed by atoms with Crippen LogP contribution in [0.2, 0.25) is 0 Å². The van der Waals surface area contributed by atoms with E-state index in [2.05, 4.69) is 20.6 Å². The zero-order valence-electron chi connectivity index (χ0n) is 9.28. The summed E-state index contributed by atoms with van der Waals surface area (Å²) in [6, 6.07) is 0.0887. The minimum atomic E-state index is 0.0659. The van der Waals surface area contributed by atoms with Crippen molar-refractivity contribution in [1.29, 1.82) is 0 Å². The van der Waals surface area contributed by atoms with Gasteiger partial charge in [-0.1, -0.05) is 0 Å². The van der Waals surface area contributed by atoms with Crippen LogP contribution in [0.3, 0.4) is 0 Å². The van der Waals surface area contributed by atoms with Crippen molar-refractivity contribution in [3.63, 3.8) is 0 Å². The Morgan fingerprint density at radius 3 is 3.00 bits per heavy atom. The molecule has 1 aromatic heterocycles. The van der Waals surface area contributed by atoms with Gasteiger partial charge in [0, 0.05) is 13.0 Å². The zero-order valence-corrected chi connectivity index (χ0v) is 9.28. The Morgan fingerprint density at radius 2 is 2.38 bits per heavy atom. The van der Waals surface area contributed by atoms with Gasteiger partial charge in [-0.3, -0.25) is 4.79 Å². The smallest absolute Gasteiger partial charge is 0.222 e. The average molecular weight is 222 g/mol. The third kappa shape index (κ3) is 2.05. The molecule has 6 heteroatoms. The van der Waals surface area contributed by atoms with E-state index in [0.29, 0.717) is 24.7 Å². The second-order valence-corrected chi connectivity index (χ2v) is 3.71. The third-order valence-electron chi connectivity index (χ3n) is 2.55. The minimum Gasteiger partial charge on any atom is -0.481 e. The Hall–Kier alpha value is -1.85. The number of ether oxygens (including phenoxy) is 1. The monoisotopic (exact) mass is 222 g/mol. The minimum absolute atomic E-state index is 0.0659. The lowest BCUT2D eigenvalue weighted by molar-refractivity contribution is -0.119. The van der Waals surface area contributed by atoms with Crippen LogP contribution >= 0.6 is 0 Å². The van der Waals surface area contributed by atoms with Crippen molar-refractivity contribution in [3.05, 3.63) is 11.9 Å². The molecule has 1 aliphatic heterocycles. The highest BCUT2D eigenvalue weighted by molar-refractivity contribution is 5.79. The van der Waals surface area contributed by atoms with Gasteiger partial charge >= 0.3 is 0 Å². The van der Waals surface area contributed by atoms with E-state index in [1.54, 1.807) is 7.11 Å². The number of carbonyl (C=O) groups excluding carboxylic acids is 1. The van der Waals surface area contributed by atoms with Gasteiger partial charge in [0.1, 0.15) is 12.1 Å². The SMILES string of the molecule is COc1ncnc(NC2CNC(=O)C2)c1C. The molecule has 2 N–H and O–H groups in total. The summed E-state index contributed by atoms with van der Waals surface area (Å²) in [7, 11) is 1.57. The normalized spacial score (nSPS) is 19.4. The largest absolute Gasteiger partial charge is 0.481 e. The summed E-state index contributed by atoms with van der Waals surface area (Å²) >= 11 is 0. The molecule has 1 aromatic rings. The first-order valence-electron chi connectivity index (χ1n) is 5.09. The van der Waals surface area contributed by atoms with Crippen molar-refractivity contribution in [2.24, 2.45) is 0 Å². The van der Waals surface area contributed by atoms with Gasteiger partial charge in [-0.05, 0) is 6.92 Å². The van der Waals surface area contributed by atoms with Crippen molar-refractivity contribution in [1.82, 2.24) is 15.3 Å². The number of methoxy groups -OCH3 is 1. The highest BCUT2D eigenvalue weighted by Crippen LogP contribution is 2.21. The molecular formula is C10H14N4O2. The van der Waals surface area contributed by atoms with Gasteiger partial charge < -0.3 is 15.4 Å². The number of nitrogens with one attached hydrogen (secondary N) is 2. The van der Waals surface area contributed by atoms with E-state index in [1.807, 2.05) is 6.92 Å². The lowest BCUT2D eigenvalue weighted by atomic mass is 10.2. The van der Waals surface area contributed by atoms with Gasteiger partial charge in [0.15, 0.2) is 0 Å². The molecule has 1 saturated heterocycles. The van der Waals surface area contributed by atoms with Crippen molar-refractivity contribution >= 4 is 11.7 Å². The summed E-state index contributed by atoms with van der Waals surface area (Å²) in [4.78, 5) is 19.2. The summed E-state index contributed by atoms with van der Waals surface area (Å²) in [6.45, 7) is 2.51. The Labute approximate surface area is 93.4 Å². The van der Waals surface area contributed by atoms with E-state index in [-0.39, 0.29) is 11.9 Å². The highest BCUT2D eigenvalue weighted by Gasteiger charge is 2.22. The molecule has 0 aromatic carbocycles. The quantitative estimate of drug-likeness (QED) is 0.758. The van der Waals surface area contributed by atoms with Gasteiger partial charge in [0.05, 0.1) is 18.7 Å². The van der Waals surface area contributed by atoms with Crippen LogP contribution in [0.4, 0.5) is 5.82 Å². The number of amides is 1. The number of anilines is 1. The van der Waals surface area contributed by atoms with Crippen LogP contribution in [0.1, 0.15) is 12.0 Å². The molecule has 0 aliphatic carbocycles. The molecule has 0 bridgehead atoms. The zero-order chi connectivity index (χ0) is 11.5. The van der Waals surface area contributed by atoms with E-state index >= 15 is 0 Å². The van der Waals surface area contributed by atoms with Crippen molar-refractivity contribution < 1.29 is 9.53 Å². The van der Waals surface area contributed by atoms with Crippen molar-refractivity contribution in [2.75, 3.05) is 19.0 Å². The lowest BCUT2D eigenvalue weighted by Crippen LogP contribution is -2.23. The maximum absolute atomic E-state index is 11.0. The topological polar surface area (TPSA) is 76.1 Å². The molecule has 1 aliphatic rings. The van der Waals surface area contributed by atoms with Crippen LogP contribution in [-0.2, 0) is 4.79 Å². The summed E-state index contributed by atoms with van der Waals surface area (Å²) < 4.78 is 5.10. The molecule has 2 rings (SSSR count). The molecule has 1 fully saturated rings. The van der Waals surface area contributed by atoms with Crippen LogP contribution in [0.5, 0.6) is 5.88 Å². The molecule has 0 saturated carbocycles. The molecule has 2 heterocycles. The Kier molecular flexibility index (Phi) is 2.89. The van der Waals surface area contributed by atoms with E-state index in [4.69, 9.17) is 4.74 Å². The number of hydrogen-bond acceptors (Lipinski definition) is 5. The van der Waals surface area contributed by atoms with Gasteiger partial charge in [0.25, 0.3) is 0 Å². The van der Waals surface area contributed by atoms with Gasteiger partial charge in [-0.2, -0.15) is 0 Å². The molecule has 1 atom stereocenters. The standard InChI is InChI=1S/C10H14N4O2/c1-6-9(12-5-13-10(6)16-2)14-7-3-8(15)11-4-7/h5,7H,3-4H2,1-2H3,(H,11,15)(H,12,13,14). The summed E-state index contributed by atoms with van der Waals surface area (Å²) in [6.07, 6.45) is 1.92. The predicted molar refractivity (Wildman–Crippen MR) is 58.4 cm³/mol. The molecule has 1 amide bonds. The van der Waals surface area contributed by atoms with Crippen LogP contribution in [0, 0.1) is 6.92 Å². The first kappa shape index (κ1) is 10.7. The first-order valence-corrected chi connectivity index (χ1v) is 5.09. The van der Waals surface area contributed by atoms with Crippen molar-refractivity contribution in [3.8, 4) is 5.88 Å². The molecule has 16 heavy (non-hydrogen) atoms. The average Bonchev–Trinajstić information content (AvgIpc) is 2.67. The first-order chi connectivity index (χ1) is 7.70. The highest BCUT2D eigenvalue weighted by atomic mass is 16.5. The number of aromatic nitrogens is 2. The molecule has 0 radical (unpaired) electrons. The molecule has 0 spiro atoms. The maximum Gasteiger partial charge on any atom is 0.222 e. The fourth-order valence-electron chi connectivity index (χ4n) is 1.69. The van der Waals surface area contributed by atoms with Crippen LogP contribution in [0.25, 0.3) is 0 Å². The van der Waals surface area contributed by atoms with Gasteiger partial charge in [0.2, 0.25) is 11.8 Å². The Bertz CT molecular complexity index is 408. The van der Waals surface area contributed by atoms with Crippen LogP contribution < -0.4 is 15.4 Å².